The number of hydrogen-bond donors (Lipinski definition) is 0. The van der Waals surface area contributed by atoms with E-state index in [1.165, 1.54) is 37.0 Å². The van der Waals surface area contributed by atoms with Gasteiger partial charge in [-0.3, -0.25) is 0 Å². The first-order chi connectivity index (χ1) is 10.3. The molecule has 1 aromatic carbocycles. The third-order valence-electron chi connectivity index (χ3n) is 5.42. The highest BCUT2D eigenvalue weighted by atomic mass is 15.1. The molecule has 3 heteroatoms. The highest BCUT2D eigenvalue weighted by Gasteiger charge is 2.42. The van der Waals surface area contributed by atoms with Crippen molar-refractivity contribution < 1.29 is 0 Å². The number of fused-ring (bicyclic) bond motifs is 3. The Hall–Kier alpha value is -1.82. The van der Waals surface area contributed by atoms with Gasteiger partial charge in [-0.1, -0.05) is 13.3 Å². The third kappa shape index (κ3) is 1.97. The smallest absolute Gasteiger partial charge is 0.113 e. The number of hydrogen-bond acceptors (Lipinski definition) is 2. The van der Waals surface area contributed by atoms with Crippen molar-refractivity contribution >= 4 is 11.0 Å². The number of nitriles is 1. The van der Waals surface area contributed by atoms with Crippen LogP contribution in [0.4, 0.5) is 0 Å². The number of benzene rings is 1. The molecule has 0 N–H and O–H groups in total. The van der Waals surface area contributed by atoms with Crippen LogP contribution >= 0.6 is 0 Å². The second kappa shape index (κ2) is 4.87. The topological polar surface area (TPSA) is 41.6 Å². The Bertz CT molecular complexity index is 722. The van der Waals surface area contributed by atoms with E-state index in [0.29, 0.717) is 11.5 Å². The first kappa shape index (κ1) is 12.9. The molecule has 4 rings (SSSR count). The van der Waals surface area contributed by atoms with E-state index >= 15 is 0 Å². The van der Waals surface area contributed by atoms with Crippen molar-refractivity contribution in [1.29, 1.82) is 5.26 Å². The summed E-state index contributed by atoms with van der Waals surface area (Å²) in [5.41, 5.74) is 2.91. The van der Waals surface area contributed by atoms with Crippen molar-refractivity contribution in [2.75, 3.05) is 0 Å². The molecule has 2 aliphatic rings. The highest BCUT2D eigenvalue weighted by molar-refractivity contribution is 5.78. The van der Waals surface area contributed by atoms with Crippen molar-refractivity contribution in [3.8, 4) is 6.07 Å². The van der Waals surface area contributed by atoms with Crippen LogP contribution in [0.5, 0.6) is 0 Å². The number of imidazole rings is 1. The Morgan fingerprint density at radius 1 is 1.33 bits per heavy atom. The zero-order valence-corrected chi connectivity index (χ0v) is 12.5. The van der Waals surface area contributed by atoms with Gasteiger partial charge in [0.2, 0.25) is 0 Å². The summed E-state index contributed by atoms with van der Waals surface area (Å²) in [7, 11) is 0. The molecule has 0 saturated heterocycles. The van der Waals surface area contributed by atoms with Gasteiger partial charge in [-0.25, -0.2) is 4.98 Å². The molecular formula is C18H21N3. The molecule has 2 fully saturated rings. The molecule has 2 saturated carbocycles. The minimum atomic E-state index is 0.647. The average Bonchev–Trinajstić information content (AvgIpc) is 3.20. The van der Waals surface area contributed by atoms with Crippen LogP contribution in [-0.2, 0) is 6.54 Å². The maximum atomic E-state index is 9.09. The van der Waals surface area contributed by atoms with Gasteiger partial charge in [0.25, 0.3) is 0 Å². The van der Waals surface area contributed by atoms with E-state index in [9.17, 15) is 0 Å². The molecule has 3 unspecified atom stereocenters. The van der Waals surface area contributed by atoms with Crippen LogP contribution in [0.3, 0.4) is 0 Å². The Morgan fingerprint density at radius 2 is 2.24 bits per heavy atom. The molecule has 0 amide bonds. The molecule has 0 spiro atoms. The van der Waals surface area contributed by atoms with E-state index < -0.39 is 0 Å². The molecule has 1 heterocycles. The summed E-state index contributed by atoms with van der Waals surface area (Å²) in [5.74, 6) is 3.71. The zero-order valence-electron chi connectivity index (χ0n) is 12.5. The Kier molecular flexibility index (Phi) is 2.99. The number of rotatable bonds is 3. The van der Waals surface area contributed by atoms with Crippen molar-refractivity contribution in [3.63, 3.8) is 0 Å². The van der Waals surface area contributed by atoms with Gasteiger partial charge in [-0.15, -0.1) is 0 Å². The van der Waals surface area contributed by atoms with E-state index in [0.717, 1.165) is 30.3 Å². The van der Waals surface area contributed by atoms with Crippen LogP contribution in [0.15, 0.2) is 18.2 Å². The molecule has 0 radical (unpaired) electrons. The third-order valence-corrected chi connectivity index (χ3v) is 5.42. The van der Waals surface area contributed by atoms with Gasteiger partial charge in [-0.2, -0.15) is 5.26 Å². The number of aryl methyl sites for hydroxylation is 1. The van der Waals surface area contributed by atoms with E-state index in [1.807, 2.05) is 12.1 Å². The Balaban J connectivity index is 1.83. The van der Waals surface area contributed by atoms with Gasteiger partial charge < -0.3 is 4.57 Å². The zero-order chi connectivity index (χ0) is 14.4. The van der Waals surface area contributed by atoms with Crippen molar-refractivity contribution in [2.24, 2.45) is 11.8 Å². The van der Waals surface area contributed by atoms with Crippen LogP contribution in [-0.4, -0.2) is 9.55 Å². The lowest BCUT2D eigenvalue weighted by Crippen LogP contribution is -2.15. The highest BCUT2D eigenvalue weighted by Crippen LogP contribution is 2.52. The van der Waals surface area contributed by atoms with Crippen LogP contribution in [0.2, 0.25) is 0 Å². The Morgan fingerprint density at radius 3 is 2.90 bits per heavy atom. The van der Waals surface area contributed by atoms with E-state index in [1.54, 1.807) is 0 Å². The van der Waals surface area contributed by atoms with Crippen molar-refractivity contribution in [1.82, 2.24) is 9.55 Å². The maximum Gasteiger partial charge on any atom is 0.113 e. The predicted molar refractivity (Wildman–Crippen MR) is 82.9 cm³/mol. The number of aromatic nitrogens is 2. The SMILES string of the molecule is CCCn1c(C2CC3CCC2C3)nc2cc(C#N)ccc21. The first-order valence-electron chi connectivity index (χ1n) is 8.20. The van der Waals surface area contributed by atoms with Crippen molar-refractivity contribution in [2.45, 2.75) is 51.5 Å². The first-order valence-corrected chi connectivity index (χ1v) is 8.20. The second-order valence-corrected chi connectivity index (χ2v) is 6.72. The summed E-state index contributed by atoms with van der Waals surface area (Å²) in [6, 6.07) is 8.16. The summed E-state index contributed by atoms with van der Waals surface area (Å²) in [4.78, 5) is 4.95. The molecule has 3 atom stereocenters. The summed E-state index contributed by atoms with van der Waals surface area (Å²) in [6.07, 6.45) is 6.66. The molecule has 3 nitrogen and oxygen atoms in total. The maximum absolute atomic E-state index is 9.09. The summed E-state index contributed by atoms with van der Waals surface area (Å²) >= 11 is 0. The van der Waals surface area contributed by atoms with Gasteiger partial charge in [0.1, 0.15) is 5.82 Å². The second-order valence-electron chi connectivity index (χ2n) is 6.72. The lowest BCUT2D eigenvalue weighted by Gasteiger charge is -2.22. The van der Waals surface area contributed by atoms with E-state index in [4.69, 9.17) is 10.2 Å². The lowest BCUT2D eigenvalue weighted by atomic mass is 9.88. The summed E-state index contributed by atoms with van der Waals surface area (Å²) in [5, 5.41) is 9.09. The van der Waals surface area contributed by atoms with Gasteiger partial charge in [0, 0.05) is 12.5 Å². The molecule has 108 valence electrons. The molecular weight excluding hydrogens is 258 g/mol. The summed E-state index contributed by atoms with van der Waals surface area (Å²) in [6.45, 7) is 3.26. The monoisotopic (exact) mass is 279 g/mol. The Labute approximate surface area is 125 Å². The quantitative estimate of drug-likeness (QED) is 0.844. The van der Waals surface area contributed by atoms with Gasteiger partial charge in [0.15, 0.2) is 0 Å². The molecule has 2 aromatic rings. The lowest BCUT2D eigenvalue weighted by molar-refractivity contribution is 0.394. The standard InChI is InChI=1S/C18H21N3/c1-2-7-21-17-6-4-13(11-19)10-16(17)20-18(21)15-9-12-3-5-14(15)8-12/h4,6,10,12,14-15H,2-3,5,7-9H2,1H3. The fourth-order valence-electron chi connectivity index (χ4n) is 4.52. The molecule has 21 heavy (non-hydrogen) atoms. The van der Waals surface area contributed by atoms with Gasteiger partial charge in [0.05, 0.1) is 22.7 Å². The normalized spacial score (nSPS) is 27.3. The molecule has 1 aromatic heterocycles. The fourth-order valence-corrected chi connectivity index (χ4v) is 4.52. The van der Waals surface area contributed by atoms with Gasteiger partial charge >= 0.3 is 0 Å². The van der Waals surface area contributed by atoms with Gasteiger partial charge in [-0.05, 0) is 55.7 Å². The average molecular weight is 279 g/mol. The molecule has 0 aliphatic heterocycles. The van der Waals surface area contributed by atoms with Crippen LogP contribution in [0, 0.1) is 23.2 Å². The largest absolute Gasteiger partial charge is 0.328 e. The van der Waals surface area contributed by atoms with E-state index in [2.05, 4.69) is 23.6 Å². The van der Waals surface area contributed by atoms with Crippen LogP contribution in [0.1, 0.15) is 56.3 Å². The van der Waals surface area contributed by atoms with E-state index in [-0.39, 0.29) is 0 Å². The van der Waals surface area contributed by atoms with Crippen molar-refractivity contribution in [3.05, 3.63) is 29.6 Å². The minimum Gasteiger partial charge on any atom is -0.328 e. The van der Waals surface area contributed by atoms with Crippen LogP contribution in [0.25, 0.3) is 11.0 Å². The van der Waals surface area contributed by atoms with Crippen LogP contribution < -0.4 is 0 Å². The summed E-state index contributed by atoms with van der Waals surface area (Å²) < 4.78 is 2.42. The molecule has 2 bridgehead atoms. The fraction of sp³-hybridized carbons (Fsp3) is 0.556. The minimum absolute atomic E-state index is 0.647. The predicted octanol–water partition coefficient (Wildman–Crippen LogP) is 4.22. The molecule has 2 aliphatic carbocycles. The number of nitrogens with zero attached hydrogens (tertiary/aromatic N) is 3.